The fourth-order valence-electron chi connectivity index (χ4n) is 3.29. The minimum atomic E-state index is -0.842. The van der Waals surface area contributed by atoms with Gasteiger partial charge in [0.25, 0.3) is 0 Å². The Kier molecular flexibility index (Phi) is 4.08. The molecule has 1 aliphatic rings. The van der Waals surface area contributed by atoms with Gasteiger partial charge in [-0.3, -0.25) is 0 Å². The van der Waals surface area contributed by atoms with E-state index in [0.717, 1.165) is 12.8 Å². The van der Waals surface area contributed by atoms with Gasteiger partial charge in [0.2, 0.25) is 0 Å². The molecule has 0 radical (unpaired) electrons. The number of carboxylic acid groups (broad SMARTS) is 1. The van der Waals surface area contributed by atoms with E-state index in [4.69, 9.17) is 0 Å². The van der Waals surface area contributed by atoms with Gasteiger partial charge in [-0.1, -0.05) is 43.0 Å². The second kappa shape index (κ2) is 5.60. The highest BCUT2D eigenvalue weighted by atomic mass is 16.4. The van der Waals surface area contributed by atoms with E-state index in [0.29, 0.717) is 5.56 Å². The van der Waals surface area contributed by atoms with Crippen LogP contribution in [0.2, 0.25) is 0 Å². The van der Waals surface area contributed by atoms with Crippen molar-refractivity contribution in [3.8, 4) is 0 Å². The molecule has 0 heterocycles. The number of rotatable bonds is 3. The van der Waals surface area contributed by atoms with Crippen LogP contribution in [0, 0.1) is 0 Å². The molecule has 102 valence electrons. The molecule has 0 atom stereocenters. The van der Waals surface area contributed by atoms with Crippen LogP contribution in [0.1, 0.15) is 61.9 Å². The summed E-state index contributed by atoms with van der Waals surface area (Å²) in [4.78, 5) is 11.2. The number of hydrogen-bond acceptors (Lipinski definition) is 1. The maximum Gasteiger partial charge on any atom is 0.335 e. The molecule has 0 unspecified atom stereocenters. The van der Waals surface area contributed by atoms with Crippen molar-refractivity contribution in [2.24, 2.45) is 0 Å². The first-order chi connectivity index (χ1) is 9.10. The topological polar surface area (TPSA) is 37.3 Å². The summed E-state index contributed by atoms with van der Waals surface area (Å²) in [6.45, 7) is 4.26. The standard InChI is InChI=1S/C17H22O2/c1-3-13(2)17(10-5-4-6-11-17)15-9-7-8-14(12-15)16(18)19/h3,7-9,12H,4-6,10-11H2,1-2H3,(H,18,19)/b13-3+. The highest BCUT2D eigenvalue weighted by molar-refractivity contribution is 5.87. The van der Waals surface area contributed by atoms with E-state index in [1.807, 2.05) is 12.1 Å². The van der Waals surface area contributed by atoms with Crippen molar-refractivity contribution >= 4 is 5.97 Å². The third-order valence-electron chi connectivity index (χ3n) is 4.56. The van der Waals surface area contributed by atoms with Gasteiger partial charge in [0.15, 0.2) is 0 Å². The van der Waals surface area contributed by atoms with Crippen LogP contribution >= 0.6 is 0 Å². The molecule has 0 spiro atoms. The number of carbonyl (C=O) groups is 1. The molecule has 2 nitrogen and oxygen atoms in total. The Morgan fingerprint density at radius 1 is 1.26 bits per heavy atom. The number of carboxylic acids is 1. The van der Waals surface area contributed by atoms with Gasteiger partial charge in [-0.2, -0.15) is 0 Å². The first-order valence-corrected chi connectivity index (χ1v) is 7.07. The lowest BCUT2D eigenvalue weighted by atomic mass is 9.65. The lowest BCUT2D eigenvalue weighted by Crippen LogP contribution is -2.30. The summed E-state index contributed by atoms with van der Waals surface area (Å²) in [5, 5.41) is 9.17. The van der Waals surface area contributed by atoms with Crippen molar-refractivity contribution in [1.29, 1.82) is 0 Å². The predicted molar refractivity (Wildman–Crippen MR) is 77.6 cm³/mol. The summed E-state index contributed by atoms with van der Waals surface area (Å²) in [6, 6.07) is 7.50. The third kappa shape index (κ3) is 2.58. The van der Waals surface area contributed by atoms with Crippen LogP contribution in [0.15, 0.2) is 35.9 Å². The zero-order valence-electron chi connectivity index (χ0n) is 11.8. The summed E-state index contributed by atoms with van der Waals surface area (Å²) in [7, 11) is 0. The molecule has 1 aromatic carbocycles. The molecule has 1 aliphatic carbocycles. The SMILES string of the molecule is C/C=C(\C)C1(c2cccc(C(=O)O)c2)CCCCC1. The predicted octanol–water partition coefficient (Wildman–Crippen LogP) is 4.55. The maximum absolute atomic E-state index is 11.2. The lowest BCUT2D eigenvalue weighted by molar-refractivity contribution is 0.0696. The second-order valence-electron chi connectivity index (χ2n) is 5.50. The molecule has 1 saturated carbocycles. The molecule has 0 aliphatic heterocycles. The van der Waals surface area contributed by atoms with Crippen LogP contribution in [0.5, 0.6) is 0 Å². The van der Waals surface area contributed by atoms with Gasteiger partial charge < -0.3 is 5.11 Å². The zero-order chi connectivity index (χ0) is 13.9. The van der Waals surface area contributed by atoms with E-state index in [2.05, 4.69) is 26.0 Å². The monoisotopic (exact) mass is 258 g/mol. The van der Waals surface area contributed by atoms with E-state index in [1.54, 1.807) is 6.07 Å². The molecule has 2 rings (SSSR count). The van der Waals surface area contributed by atoms with Crippen molar-refractivity contribution in [2.75, 3.05) is 0 Å². The summed E-state index contributed by atoms with van der Waals surface area (Å²) in [5.41, 5.74) is 2.99. The quantitative estimate of drug-likeness (QED) is 0.807. The largest absolute Gasteiger partial charge is 0.478 e. The van der Waals surface area contributed by atoms with Gasteiger partial charge in [0.1, 0.15) is 0 Å². The van der Waals surface area contributed by atoms with Crippen LogP contribution in [-0.4, -0.2) is 11.1 Å². The van der Waals surface area contributed by atoms with Crippen molar-refractivity contribution in [3.63, 3.8) is 0 Å². The van der Waals surface area contributed by atoms with Crippen molar-refractivity contribution in [3.05, 3.63) is 47.0 Å². The van der Waals surface area contributed by atoms with Crippen molar-refractivity contribution in [2.45, 2.75) is 51.4 Å². The number of allylic oxidation sites excluding steroid dienone is 2. The average Bonchev–Trinajstić information content (AvgIpc) is 2.47. The Hall–Kier alpha value is -1.57. The molecule has 2 heteroatoms. The molecule has 1 N–H and O–H groups in total. The van der Waals surface area contributed by atoms with Gasteiger partial charge in [-0.05, 0) is 44.4 Å². The minimum Gasteiger partial charge on any atom is -0.478 e. The van der Waals surface area contributed by atoms with Crippen LogP contribution in [-0.2, 0) is 5.41 Å². The summed E-state index contributed by atoms with van der Waals surface area (Å²) < 4.78 is 0. The number of aromatic carboxylic acids is 1. The third-order valence-corrected chi connectivity index (χ3v) is 4.56. The first kappa shape index (κ1) is 13.9. The summed E-state index contributed by atoms with van der Waals surface area (Å²) in [6.07, 6.45) is 8.18. The van der Waals surface area contributed by atoms with Gasteiger partial charge in [0, 0.05) is 5.41 Å². The smallest absolute Gasteiger partial charge is 0.335 e. The zero-order valence-corrected chi connectivity index (χ0v) is 11.8. The van der Waals surface area contributed by atoms with E-state index in [9.17, 15) is 9.90 Å². The van der Waals surface area contributed by atoms with Gasteiger partial charge >= 0.3 is 5.97 Å². The Balaban J connectivity index is 2.49. The highest BCUT2D eigenvalue weighted by Crippen LogP contribution is 2.45. The normalized spacial score (nSPS) is 19.2. The molecule has 19 heavy (non-hydrogen) atoms. The Morgan fingerprint density at radius 3 is 2.53 bits per heavy atom. The molecule has 1 fully saturated rings. The van der Waals surface area contributed by atoms with Crippen molar-refractivity contribution < 1.29 is 9.90 Å². The Morgan fingerprint density at radius 2 is 1.95 bits per heavy atom. The minimum absolute atomic E-state index is 0.0540. The van der Waals surface area contributed by atoms with Crippen LogP contribution < -0.4 is 0 Å². The van der Waals surface area contributed by atoms with E-state index < -0.39 is 5.97 Å². The fraction of sp³-hybridized carbons (Fsp3) is 0.471. The van der Waals surface area contributed by atoms with Crippen LogP contribution in [0.3, 0.4) is 0 Å². The van der Waals surface area contributed by atoms with Crippen molar-refractivity contribution in [1.82, 2.24) is 0 Å². The number of hydrogen-bond donors (Lipinski definition) is 1. The van der Waals surface area contributed by atoms with E-state index >= 15 is 0 Å². The molecular formula is C17H22O2. The molecule has 1 aromatic rings. The van der Waals surface area contributed by atoms with Crippen LogP contribution in [0.4, 0.5) is 0 Å². The fourth-order valence-corrected chi connectivity index (χ4v) is 3.29. The lowest BCUT2D eigenvalue weighted by Gasteiger charge is -2.39. The number of benzene rings is 1. The molecule has 0 bridgehead atoms. The van der Waals surface area contributed by atoms with Gasteiger partial charge in [0.05, 0.1) is 5.56 Å². The second-order valence-corrected chi connectivity index (χ2v) is 5.50. The Bertz CT molecular complexity index is 494. The molecule has 0 amide bonds. The molecule has 0 saturated heterocycles. The summed E-state index contributed by atoms with van der Waals surface area (Å²) >= 11 is 0. The maximum atomic E-state index is 11.2. The molecule has 0 aromatic heterocycles. The average molecular weight is 258 g/mol. The van der Waals surface area contributed by atoms with Gasteiger partial charge in [-0.15, -0.1) is 0 Å². The van der Waals surface area contributed by atoms with Gasteiger partial charge in [-0.25, -0.2) is 4.79 Å². The van der Waals surface area contributed by atoms with E-state index in [1.165, 1.54) is 30.4 Å². The first-order valence-electron chi connectivity index (χ1n) is 7.07. The Labute approximate surface area is 115 Å². The van der Waals surface area contributed by atoms with E-state index in [-0.39, 0.29) is 5.41 Å². The summed E-state index contributed by atoms with van der Waals surface area (Å²) in [5.74, 6) is -0.842. The highest BCUT2D eigenvalue weighted by Gasteiger charge is 2.35. The molecular weight excluding hydrogens is 236 g/mol. The van der Waals surface area contributed by atoms with Crippen LogP contribution in [0.25, 0.3) is 0 Å².